The lowest BCUT2D eigenvalue weighted by molar-refractivity contribution is -0.385. The van der Waals surface area contributed by atoms with Crippen molar-refractivity contribution in [1.29, 1.82) is 0 Å². The van der Waals surface area contributed by atoms with Gasteiger partial charge >= 0.3 is 12.4 Å². The Morgan fingerprint density at radius 2 is 1.36 bits per heavy atom. The van der Waals surface area contributed by atoms with Crippen LogP contribution in [-0.4, -0.2) is 18.0 Å². The van der Waals surface area contributed by atoms with Crippen molar-refractivity contribution >= 4 is 0 Å². The Bertz CT molecular complexity index is 159. The summed E-state index contributed by atoms with van der Waals surface area (Å²) in [6, 6.07) is 0. The van der Waals surface area contributed by atoms with E-state index in [2.05, 4.69) is 9.47 Å². The van der Waals surface area contributed by atoms with E-state index in [4.69, 9.17) is 0 Å². The second-order valence-electron chi connectivity index (χ2n) is 2.69. The summed E-state index contributed by atoms with van der Waals surface area (Å²) in [5.41, 5.74) is -2.28. The van der Waals surface area contributed by atoms with Crippen molar-refractivity contribution in [3.8, 4) is 0 Å². The zero-order chi connectivity index (χ0) is 8.91. The van der Waals surface area contributed by atoms with Crippen LogP contribution >= 0.6 is 0 Å². The molecule has 2 nitrogen and oxygen atoms in total. The van der Waals surface area contributed by atoms with E-state index in [0.717, 1.165) is 13.8 Å². The van der Waals surface area contributed by atoms with Crippen LogP contribution in [-0.2, 0) is 9.47 Å². The molecule has 0 aromatic rings. The third kappa shape index (κ3) is 1.32. The molecular formula is C5H6F4O2. The van der Waals surface area contributed by atoms with Crippen molar-refractivity contribution in [3.63, 3.8) is 0 Å². The van der Waals surface area contributed by atoms with Crippen LogP contribution in [0, 0.1) is 0 Å². The van der Waals surface area contributed by atoms with Gasteiger partial charge in [-0.3, -0.25) is 4.74 Å². The van der Waals surface area contributed by atoms with Gasteiger partial charge < -0.3 is 0 Å². The molecule has 0 aromatic carbocycles. The molecule has 0 aliphatic carbocycles. The Balaban J connectivity index is 2.89. The van der Waals surface area contributed by atoms with Crippen LogP contribution < -0.4 is 0 Å². The number of ether oxygens (including phenoxy) is 2. The highest BCUT2D eigenvalue weighted by Crippen LogP contribution is 2.47. The van der Waals surface area contributed by atoms with Crippen molar-refractivity contribution in [1.82, 2.24) is 0 Å². The van der Waals surface area contributed by atoms with Crippen LogP contribution in [0.25, 0.3) is 0 Å². The van der Waals surface area contributed by atoms with Gasteiger partial charge in [-0.2, -0.15) is 8.78 Å². The maximum Gasteiger partial charge on any atom is 0.491 e. The molecule has 0 aromatic heterocycles. The molecule has 0 N–H and O–H groups in total. The molecule has 0 unspecified atom stereocenters. The fraction of sp³-hybridized carbons (Fsp3) is 1.00. The summed E-state index contributed by atoms with van der Waals surface area (Å²) in [5, 5.41) is 0. The monoisotopic (exact) mass is 174 g/mol. The van der Waals surface area contributed by atoms with Crippen molar-refractivity contribution in [2.75, 3.05) is 0 Å². The Morgan fingerprint density at radius 1 is 0.909 bits per heavy atom. The summed E-state index contributed by atoms with van der Waals surface area (Å²) >= 11 is 0. The van der Waals surface area contributed by atoms with Crippen molar-refractivity contribution in [2.45, 2.75) is 31.9 Å². The molecular weight excluding hydrogens is 168 g/mol. The third-order valence-electron chi connectivity index (χ3n) is 1.32. The fourth-order valence-corrected chi connectivity index (χ4v) is 0.649. The Kier molecular flexibility index (Phi) is 1.48. The highest BCUT2D eigenvalue weighted by Gasteiger charge is 2.66. The largest absolute Gasteiger partial charge is 0.491 e. The molecule has 1 aliphatic heterocycles. The van der Waals surface area contributed by atoms with Crippen LogP contribution in [0.15, 0.2) is 0 Å². The van der Waals surface area contributed by atoms with Gasteiger partial charge in [-0.15, -0.1) is 8.78 Å². The number of hydrogen-bond donors (Lipinski definition) is 0. The van der Waals surface area contributed by atoms with Gasteiger partial charge in [0.1, 0.15) is 0 Å². The van der Waals surface area contributed by atoms with E-state index < -0.39 is 18.0 Å². The van der Waals surface area contributed by atoms with Gasteiger partial charge in [-0.25, -0.2) is 4.74 Å². The van der Waals surface area contributed by atoms with E-state index in [1.54, 1.807) is 0 Å². The van der Waals surface area contributed by atoms with Crippen LogP contribution in [0.1, 0.15) is 13.8 Å². The standard InChI is InChI=1S/C5H6F4O2/c1-3(2)4(6,7)11-5(8,9)10-3/h1-2H3. The van der Waals surface area contributed by atoms with Gasteiger partial charge in [0.05, 0.1) is 0 Å². The van der Waals surface area contributed by atoms with E-state index in [9.17, 15) is 17.6 Å². The van der Waals surface area contributed by atoms with E-state index in [-0.39, 0.29) is 0 Å². The lowest BCUT2D eigenvalue weighted by Gasteiger charge is -2.20. The summed E-state index contributed by atoms with van der Waals surface area (Å²) in [4.78, 5) is 0. The maximum absolute atomic E-state index is 12.4. The number of alkyl halides is 4. The molecule has 1 heterocycles. The number of halogens is 4. The fourth-order valence-electron chi connectivity index (χ4n) is 0.649. The highest BCUT2D eigenvalue weighted by atomic mass is 19.3. The summed E-state index contributed by atoms with van der Waals surface area (Å²) in [5.74, 6) is 0. The van der Waals surface area contributed by atoms with E-state index in [0.29, 0.717) is 0 Å². The molecule has 11 heavy (non-hydrogen) atoms. The zero-order valence-corrected chi connectivity index (χ0v) is 5.83. The highest BCUT2D eigenvalue weighted by molar-refractivity contribution is 4.85. The lowest BCUT2D eigenvalue weighted by atomic mass is 10.1. The zero-order valence-electron chi connectivity index (χ0n) is 5.83. The Hall–Kier alpha value is -0.360. The van der Waals surface area contributed by atoms with Crippen LogP contribution in [0.4, 0.5) is 17.6 Å². The SMILES string of the molecule is CC1(C)OC(F)(F)OC1(F)F. The Labute approximate surface area is 60.1 Å². The van der Waals surface area contributed by atoms with Crippen molar-refractivity contribution in [3.05, 3.63) is 0 Å². The van der Waals surface area contributed by atoms with Crippen LogP contribution in [0.5, 0.6) is 0 Å². The second-order valence-corrected chi connectivity index (χ2v) is 2.69. The van der Waals surface area contributed by atoms with Gasteiger partial charge in [-0.05, 0) is 13.8 Å². The third-order valence-corrected chi connectivity index (χ3v) is 1.32. The van der Waals surface area contributed by atoms with Gasteiger partial charge in [0.15, 0.2) is 5.60 Å². The summed E-state index contributed by atoms with van der Waals surface area (Å²) < 4.78 is 55.5. The second kappa shape index (κ2) is 1.87. The molecule has 0 atom stereocenters. The summed E-state index contributed by atoms with van der Waals surface area (Å²) in [7, 11) is 0. The predicted octanol–water partition coefficient (Wildman–Crippen LogP) is 1.95. The minimum absolute atomic E-state index is 0.827. The van der Waals surface area contributed by atoms with E-state index >= 15 is 0 Å². The first kappa shape index (κ1) is 8.73. The number of hydrogen-bond acceptors (Lipinski definition) is 2. The van der Waals surface area contributed by atoms with E-state index in [1.165, 1.54) is 0 Å². The molecule has 0 radical (unpaired) electrons. The molecule has 1 saturated heterocycles. The van der Waals surface area contributed by atoms with Crippen molar-refractivity contribution in [2.24, 2.45) is 0 Å². The van der Waals surface area contributed by atoms with Gasteiger partial charge in [0, 0.05) is 0 Å². The first-order valence-electron chi connectivity index (χ1n) is 2.82. The smallest absolute Gasteiger partial charge is 0.280 e. The first-order chi connectivity index (χ1) is 4.66. The van der Waals surface area contributed by atoms with Crippen LogP contribution in [0.3, 0.4) is 0 Å². The molecule has 0 saturated carbocycles. The molecule has 66 valence electrons. The average Bonchev–Trinajstić information content (AvgIpc) is 1.66. The maximum atomic E-state index is 12.4. The molecule has 0 bridgehead atoms. The predicted molar refractivity (Wildman–Crippen MR) is 26.1 cm³/mol. The molecule has 0 spiro atoms. The average molecular weight is 174 g/mol. The molecule has 1 fully saturated rings. The Morgan fingerprint density at radius 3 is 1.45 bits per heavy atom. The first-order valence-corrected chi connectivity index (χ1v) is 2.82. The van der Waals surface area contributed by atoms with Gasteiger partial charge in [0.25, 0.3) is 0 Å². The van der Waals surface area contributed by atoms with Crippen molar-refractivity contribution < 1.29 is 27.0 Å². The molecule has 6 heteroatoms. The topological polar surface area (TPSA) is 18.5 Å². The van der Waals surface area contributed by atoms with E-state index in [1.807, 2.05) is 0 Å². The summed E-state index contributed by atoms with van der Waals surface area (Å²) in [6.07, 6.45) is -8.14. The van der Waals surface area contributed by atoms with Gasteiger partial charge in [-0.1, -0.05) is 0 Å². The summed E-state index contributed by atoms with van der Waals surface area (Å²) in [6.45, 7) is 1.65. The van der Waals surface area contributed by atoms with Gasteiger partial charge in [0.2, 0.25) is 0 Å². The molecule has 1 aliphatic rings. The molecule has 0 amide bonds. The normalized spacial score (nSPS) is 32.2. The quantitative estimate of drug-likeness (QED) is 0.522. The minimum Gasteiger partial charge on any atom is -0.280 e. The lowest BCUT2D eigenvalue weighted by Crippen LogP contribution is -2.39. The van der Waals surface area contributed by atoms with Crippen LogP contribution in [0.2, 0.25) is 0 Å². The number of rotatable bonds is 0. The minimum atomic E-state index is -4.19. The molecule has 1 rings (SSSR count).